The molecule has 5 nitrogen and oxygen atoms in total. The highest BCUT2D eigenvalue weighted by atomic mass is 79.9. The summed E-state index contributed by atoms with van der Waals surface area (Å²) < 4.78 is 17.0. The second kappa shape index (κ2) is 4.20. The first-order chi connectivity index (χ1) is 8.68. The third-order valence-electron chi connectivity index (χ3n) is 2.89. The molecule has 0 aliphatic carbocycles. The van der Waals surface area contributed by atoms with E-state index in [1.807, 2.05) is 13.0 Å². The maximum atomic E-state index is 5.76. The van der Waals surface area contributed by atoms with Crippen LogP contribution in [-0.2, 0) is 0 Å². The molecule has 0 amide bonds. The molecule has 2 N–H and O–H groups in total. The first-order valence-electron chi connectivity index (χ1n) is 5.47. The van der Waals surface area contributed by atoms with Gasteiger partial charge in [0.2, 0.25) is 5.88 Å². The van der Waals surface area contributed by atoms with E-state index in [0.29, 0.717) is 13.2 Å². The Kier molecular flexibility index (Phi) is 2.66. The van der Waals surface area contributed by atoms with Crippen LogP contribution < -0.4 is 15.2 Å². The Morgan fingerprint density at radius 1 is 1.33 bits per heavy atom. The average Bonchev–Trinajstić information content (AvgIpc) is 2.76. The minimum absolute atomic E-state index is 0.287. The van der Waals surface area contributed by atoms with E-state index in [4.69, 9.17) is 19.7 Å². The highest BCUT2D eigenvalue weighted by molar-refractivity contribution is 9.10. The molecule has 1 aromatic carbocycles. The molecule has 0 unspecified atom stereocenters. The summed E-state index contributed by atoms with van der Waals surface area (Å²) in [5.41, 5.74) is 8.38. The number of ether oxygens (including phenoxy) is 2. The first kappa shape index (κ1) is 11.4. The lowest BCUT2D eigenvalue weighted by molar-refractivity contribution is 0.170. The van der Waals surface area contributed by atoms with Gasteiger partial charge in [-0.25, -0.2) is 0 Å². The molecular weight excluding hydrogens is 300 g/mol. The lowest BCUT2D eigenvalue weighted by Gasteiger charge is -2.22. The van der Waals surface area contributed by atoms with Crippen LogP contribution in [0.3, 0.4) is 0 Å². The minimum Gasteiger partial charge on any atom is -0.486 e. The van der Waals surface area contributed by atoms with Crippen molar-refractivity contribution in [3.63, 3.8) is 0 Å². The van der Waals surface area contributed by atoms with Crippen LogP contribution in [0.15, 0.2) is 21.3 Å². The van der Waals surface area contributed by atoms with Crippen LogP contribution in [-0.4, -0.2) is 18.4 Å². The molecule has 0 saturated heterocycles. The number of aromatic nitrogens is 1. The fourth-order valence-electron chi connectivity index (χ4n) is 2.08. The monoisotopic (exact) mass is 310 g/mol. The van der Waals surface area contributed by atoms with Crippen LogP contribution in [0.2, 0.25) is 0 Å². The molecule has 1 aromatic heterocycles. The van der Waals surface area contributed by atoms with E-state index >= 15 is 0 Å². The number of anilines is 1. The van der Waals surface area contributed by atoms with E-state index in [-0.39, 0.29) is 5.88 Å². The molecule has 1 aliphatic heterocycles. The van der Waals surface area contributed by atoms with Gasteiger partial charge in [-0.3, -0.25) is 0 Å². The number of nitrogens with two attached hydrogens (primary N) is 1. The standard InChI is InChI=1S/C12H11BrN2O3/c1-6-10(7-5-15-18-12(7)14)8(13)4-9-11(6)17-3-2-16-9/h4-5H,2-3,14H2,1H3. The van der Waals surface area contributed by atoms with E-state index < -0.39 is 0 Å². The number of fused-ring (bicyclic) bond motifs is 1. The quantitative estimate of drug-likeness (QED) is 0.877. The smallest absolute Gasteiger partial charge is 0.230 e. The number of halogens is 1. The largest absolute Gasteiger partial charge is 0.486 e. The van der Waals surface area contributed by atoms with Gasteiger partial charge in [-0.05, 0) is 28.9 Å². The van der Waals surface area contributed by atoms with Crippen molar-refractivity contribution >= 4 is 21.8 Å². The Balaban J connectivity index is 2.24. The third-order valence-corrected chi connectivity index (χ3v) is 3.52. The van der Waals surface area contributed by atoms with Gasteiger partial charge < -0.3 is 19.7 Å². The minimum atomic E-state index is 0.287. The SMILES string of the molecule is Cc1c2c(cc(Br)c1-c1cnoc1N)OCCO2. The van der Waals surface area contributed by atoms with Gasteiger partial charge >= 0.3 is 0 Å². The van der Waals surface area contributed by atoms with Gasteiger partial charge in [0.25, 0.3) is 0 Å². The zero-order valence-corrected chi connectivity index (χ0v) is 11.3. The summed E-state index contributed by atoms with van der Waals surface area (Å²) in [6.07, 6.45) is 1.60. The average molecular weight is 311 g/mol. The molecule has 0 radical (unpaired) electrons. The Labute approximate surface area is 112 Å². The van der Waals surface area contributed by atoms with Crippen molar-refractivity contribution in [2.75, 3.05) is 18.9 Å². The second-order valence-electron chi connectivity index (χ2n) is 3.99. The van der Waals surface area contributed by atoms with Crippen molar-refractivity contribution in [3.8, 4) is 22.6 Å². The van der Waals surface area contributed by atoms with Gasteiger partial charge in [0.1, 0.15) is 13.2 Å². The van der Waals surface area contributed by atoms with E-state index in [1.165, 1.54) is 0 Å². The maximum Gasteiger partial charge on any atom is 0.230 e. The van der Waals surface area contributed by atoms with Crippen LogP contribution in [0, 0.1) is 6.92 Å². The summed E-state index contributed by atoms with van der Waals surface area (Å²) in [6, 6.07) is 1.88. The summed E-state index contributed by atoms with van der Waals surface area (Å²) in [5.74, 6) is 1.78. The topological polar surface area (TPSA) is 70.5 Å². The van der Waals surface area contributed by atoms with Gasteiger partial charge in [-0.1, -0.05) is 5.16 Å². The van der Waals surface area contributed by atoms with Crippen LogP contribution in [0.1, 0.15) is 5.56 Å². The maximum absolute atomic E-state index is 5.76. The number of nitrogen functional groups attached to an aromatic ring is 1. The first-order valence-corrected chi connectivity index (χ1v) is 6.27. The number of nitrogens with zero attached hydrogens (tertiary/aromatic N) is 1. The molecule has 2 heterocycles. The lowest BCUT2D eigenvalue weighted by atomic mass is 10.0. The van der Waals surface area contributed by atoms with Crippen LogP contribution in [0.4, 0.5) is 5.88 Å². The van der Waals surface area contributed by atoms with Crippen molar-refractivity contribution in [2.45, 2.75) is 6.92 Å². The molecule has 0 spiro atoms. The summed E-state index contributed by atoms with van der Waals surface area (Å²) in [5, 5.41) is 3.70. The zero-order chi connectivity index (χ0) is 12.7. The fraction of sp³-hybridized carbons (Fsp3) is 0.250. The predicted octanol–water partition coefficient (Wildman–Crippen LogP) is 2.77. The van der Waals surface area contributed by atoms with Gasteiger partial charge in [-0.2, -0.15) is 0 Å². The van der Waals surface area contributed by atoms with Crippen LogP contribution >= 0.6 is 15.9 Å². The molecule has 0 fully saturated rings. The molecule has 6 heteroatoms. The number of benzene rings is 1. The zero-order valence-electron chi connectivity index (χ0n) is 9.70. The molecule has 2 aromatic rings. The molecule has 94 valence electrons. The van der Waals surface area contributed by atoms with E-state index in [0.717, 1.165) is 32.7 Å². The Morgan fingerprint density at radius 2 is 2.11 bits per heavy atom. The fourth-order valence-corrected chi connectivity index (χ4v) is 2.80. The summed E-state index contributed by atoms with van der Waals surface area (Å²) in [6.45, 7) is 3.07. The van der Waals surface area contributed by atoms with Crippen molar-refractivity contribution in [1.82, 2.24) is 5.16 Å². The van der Waals surface area contributed by atoms with Crippen molar-refractivity contribution in [2.24, 2.45) is 0 Å². The van der Waals surface area contributed by atoms with Crippen molar-refractivity contribution in [1.29, 1.82) is 0 Å². The molecule has 0 atom stereocenters. The van der Waals surface area contributed by atoms with Gasteiger partial charge in [0.15, 0.2) is 11.5 Å². The van der Waals surface area contributed by atoms with E-state index in [9.17, 15) is 0 Å². The van der Waals surface area contributed by atoms with E-state index in [2.05, 4.69) is 21.1 Å². The molecule has 18 heavy (non-hydrogen) atoms. The van der Waals surface area contributed by atoms with Gasteiger partial charge in [0.05, 0.1) is 11.8 Å². The van der Waals surface area contributed by atoms with Crippen LogP contribution in [0.5, 0.6) is 11.5 Å². The molecule has 3 rings (SSSR count). The highest BCUT2D eigenvalue weighted by Crippen LogP contribution is 2.45. The van der Waals surface area contributed by atoms with Crippen molar-refractivity contribution in [3.05, 3.63) is 22.3 Å². The summed E-state index contributed by atoms with van der Waals surface area (Å²) in [7, 11) is 0. The third kappa shape index (κ3) is 1.64. The molecular formula is C12H11BrN2O3. The number of hydrogen-bond acceptors (Lipinski definition) is 5. The number of rotatable bonds is 1. The lowest BCUT2D eigenvalue weighted by Crippen LogP contribution is -2.16. The van der Waals surface area contributed by atoms with Crippen molar-refractivity contribution < 1.29 is 14.0 Å². The van der Waals surface area contributed by atoms with Gasteiger partial charge in [0, 0.05) is 15.6 Å². The normalized spacial score (nSPS) is 13.7. The van der Waals surface area contributed by atoms with Gasteiger partial charge in [-0.15, -0.1) is 0 Å². The summed E-state index contributed by atoms with van der Waals surface area (Å²) in [4.78, 5) is 0. The highest BCUT2D eigenvalue weighted by Gasteiger charge is 2.22. The molecule has 0 bridgehead atoms. The predicted molar refractivity (Wildman–Crippen MR) is 69.8 cm³/mol. The Morgan fingerprint density at radius 3 is 2.83 bits per heavy atom. The Bertz CT molecular complexity index is 610. The summed E-state index contributed by atoms with van der Waals surface area (Å²) >= 11 is 3.52. The number of hydrogen-bond donors (Lipinski definition) is 1. The second-order valence-corrected chi connectivity index (χ2v) is 4.84. The Hall–Kier alpha value is -1.69. The molecule has 1 aliphatic rings. The van der Waals surface area contributed by atoms with E-state index in [1.54, 1.807) is 6.20 Å². The van der Waals surface area contributed by atoms with Crippen LogP contribution in [0.25, 0.3) is 11.1 Å². The molecule has 0 saturated carbocycles.